The van der Waals surface area contributed by atoms with Crippen LogP contribution < -0.4 is 5.32 Å². The summed E-state index contributed by atoms with van der Waals surface area (Å²) in [6, 6.07) is 6.15. The highest BCUT2D eigenvalue weighted by Crippen LogP contribution is 2.17. The zero-order chi connectivity index (χ0) is 10.8. The van der Waals surface area contributed by atoms with Gasteiger partial charge in [-0.2, -0.15) is 5.10 Å². The summed E-state index contributed by atoms with van der Waals surface area (Å²) in [5, 5.41) is 11.4. The third-order valence-electron chi connectivity index (χ3n) is 2.39. The van der Waals surface area contributed by atoms with Crippen molar-refractivity contribution in [1.29, 1.82) is 0 Å². The Morgan fingerprint density at radius 1 is 1.31 bits per heavy atom. The number of anilines is 1. The van der Waals surface area contributed by atoms with E-state index < -0.39 is 0 Å². The van der Waals surface area contributed by atoms with Crippen LogP contribution in [0.5, 0.6) is 0 Å². The second-order valence-electron chi connectivity index (χ2n) is 3.49. The molecule has 0 atom stereocenters. The summed E-state index contributed by atoms with van der Waals surface area (Å²) in [4.78, 5) is 5.27. The van der Waals surface area contributed by atoms with Crippen molar-refractivity contribution in [3.63, 3.8) is 0 Å². The molecule has 0 spiro atoms. The van der Waals surface area contributed by atoms with Crippen LogP contribution in [0.3, 0.4) is 0 Å². The van der Waals surface area contributed by atoms with Gasteiger partial charge in [-0.3, -0.25) is 10.1 Å². The molecule has 2 heterocycles. The predicted octanol–water partition coefficient (Wildman–Crippen LogP) is 2.63. The fraction of sp³-hybridized carbons (Fsp3) is 0.0909. The lowest BCUT2D eigenvalue weighted by Gasteiger charge is -2.03. The minimum absolute atomic E-state index is 0.814. The summed E-state index contributed by atoms with van der Waals surface area (Å²) in [6.07, 6.45) is 3.71. The second kappa shape index (κ2) is 3.94. The Bertz CT molecular complexity index is 585. The van der Waals surface area contributed by atoms with Crippen LogP contribution in [0.15, 0.2) is 36.1 Å². The number of aromatic nitrogens is 3. The number of hydrogen-bond acceptors (Lipinski definition) is 4. The number of nitrogens with zero attached hydrogens (tertiary/aromatic N) is 2. The molecule has 0 unspecified atom stereocenters. The molecule has 1 aromatic carbocycles. The van der Waals surface area contributed by atoms with E-state index in [1.165, 1.54) is 4.88 Å². The fourth-order valence-electron chi connectivity index (χ4n) is 1.57. The Morgan fingerprint density at radius 2 is 2.31 bits per heavy atom. The van der Waals surface area contributed by atoms with Gasteiger partial charge in [-0.05, 0) is 18.2 Å². The first kappa shape index (κ1) is 9.35. The SMILES string of the molecule is c1ncc(CNc2ccc3[nH]ncc3c2)s1. The molecular weight excluding hydrogens is 220 g/mol. The monoisotopic (exact) mass is 230 g/mol. The van der Waals surface area contributed by atoms with Gasteiger partial charge in [0.05, 0.1) is 23.8 Å². The van der Waals surface area contributed by atoms with Crippen LogP contribution in [0, 0.1) is 0 Å². The zero-order valence-electron chi connectivity index (χ0n) is 8.47. The minimum atomic E-state index is 0.814. The molecule has 0 amide bonds. The molecule has 2 aromatic heterocycles. The van der Waals surface area contributed by atoms with Gasteiger partial charge in [0.15, 0.2) is 0 Å². The zero-order valence-corrected chi connectivity index (χ0v) is 9.29. The smallest absolute Gasteiger partial charge is 0.0794 e. The van der Waals surface area contributed by atoms with Gasteiger partial charge in [-0.1, -0.05) is 0 Å². The van der Waals surface area contributed by atoms with Crippen molar-refractivity contribution in [2.45, 2.75) is 6.54 Å². The first-order valence-corrected chi connectivity index (χ1v) is 5.84. The van der Waals surface area contributed by atoms with Crippen LogP contribution in [0.25, 0.3) is 10.9 Å². The topological polar surface area (TPSA) is 53.6 Å². The lowest BCUT2D eigenvalue weighted by molar-refractivity contribution is 1.12. The quantitative estimate of drug-likeness (QED) is 0.727. The molecule has 3 aromatic rings. The highest BCUT2D eigenvalue weighted by molar-refractivity contribution is 7.09. The van der Waals surface area contributed by atoms with Crippen molar-refractivity contribution in [2.75, 3.05) is 5.32 Å². The van der Waals surface area contributed by atoms with Crippen LogP contribution in [0.2, 0.25) is 0 Å². The normalized spacial score (nSPS) is 10.8. The summed E-state index contributed by atoms with van der Waals surface area (Å²) in [7, 11) is 0. The number of rotatable bonds is 3. The molecule has 0 aliphatic rings. The molecule has 0 aliphatic carbocycles. The number of benzene rings is 1. The predicted molar refractivity (Wildman–Crippen MR) is 65.5 cm³/mol. The molecule has 2 N–H and O–H groups in total. The van der Waals surface area contributed by atoms with Crippen LogP contribution >= 0.6 is 11.3 Å². The lowest BCUT2D eigenvalue weighted by atomic mass is 10.2. The molecule has 0 bridgehead atoms. The van der Waals surface area contributed by atoms with E-state index in [0.29, 0.717) is 0 Å². The van der Waals surface area contributed by atoms with E-state index in [0.717, 1.165) is 23.1 Å². The Labute approximate surface area is 96.3 Å². The number of nitrogens with one attached hydrogen (secondary N) is 2. The number of H-pyrrole nitrogens is 1. The molecule has 0 fully saturated rings. The molecule has 4 nitrogen and oxygen atoms in total. The first-order valence-electron chi connectivity index (χ1n) is 4.96. The molecule has 0 saturated carbocycles. The van der Waals surface area contributed by atoms with Gasteiger partial charge in [0, 0.05) is 22.1 Å². The maximum atomic E-state index is 4.04. The van der Waals surface area contributed by atoms with Crippen LogP contribution in [-0.2, 0) is 6.54 Å². The van der Waals surface area contributed by atoms with Crippen molar-refractivity contribution >= 4 is 27.9 Å². The second-order valence-corrected chi connectivity index (χ2v) is 4.46. The van der Waals surface area contributed by atoms with E-state index in [-0.39, 0.29) is 0 Å². The number of thiazole rings is 1. The molecule has 0 aliphatic heterocycles. The number of hydrogen-bond donors (Lipinski definition) is 2. The van der Waals surface area contributed by atoms with Gasteiger partial charge >= 0.3 is 0 Å². The maximum Gasteiger partial charge on any atom is 0.0794 e. The highest BCUT2D eigenvalue weighted by Gasteiger charge is 1.98. The standard InChI is InChI=1S/C11H10N4S/c1-2-11-8(4-14-15-11)3-9(1)13-6-10-5-12-7-16-10/h1-5,7,13H,6H2,(H,14,15). The van der Waals surface area contributed by atoms with Gasteiger partial charge in [-0.15, -0.1) is 11.3 Å². The Kier molecular flexibility index (Phi) is 2.30. The molecule has 16 heavy (non-hydrogen) atoms. The van der Waals surface area contributed by atoms with E-state index in [4.69, 9.17) is 0 Å². The Morgan fingerprint density at radius 3 is 3.19 bits per heavy atom. The number of aromatic amines is 1. The Hall–Kier alpha value is -1.88. The fourth-order valence-corrected chi connectivity index (χ4v) is 2.11. The minimum Gasteiger partial charge on any atom is -0.380 e. The third kappa shape index (κ3) is 1.77. The molecule has 3 rings (SSSR count). The van der Waals surface area contributed by atoms with Gasteiger partial charge in [0.25, 0.3) is 0 Å². The van der Waals surface area contributed by atoms with Crippen molar-refractivity contribution in [3.8, 4) is 0 Å². The summed E-state index contributed by atoms with van der Waals surface area (Å²) >= 11 is 1.66. The largest absolute Gasteiger partial charge is 0.380 e. The molecule has 0 saturated heterocycles. The van der Waals surface area contributed by atoms with Crippen molar-refractivity contribution in [3.05, 3.63) is 41.0 Å². The highest BCUT2D eigenvalue weighted by atomic mass is 32.1. The van der Waals surface area contributed by atoms with Gasteiger partial charge in [-0.25, -0.2) is 0 Å². The maximum absolute atomic E-state index is 4.04. The van der Waals surface area contributed by atoms with Gasteiger partial charge in [0.2, 0.25) is 0 Å². The van der Waals surface area contributed by atoms with Gasteiger partial charge in [0.1, 0.15) is 0 Å². The molecule has 5 heteroatoms. The van der Waals surface area contributed by atoms with Crippen LogP contribution in [-0.4, -0.2) is 15.2 Å². The van der Waals surface area contributed by atoms with Crippen LogP contribution in [0.1, 0.15) is 4.88 Å². The summed E-state index contributed by atoms with van der Waals surface area (Å²) in [6.45, 7) is 0.814. The van der Waals surface area contributed by atoms with Crippen molar-refractivity contribution < 1.29 is 0 Å². The van der Waals surface area contributed by atoms with E-state index >= 15 is 0 Å². The van der Waals surface area contributed by atoms with Crippen molar-refractivity contribution in [2.24, 2.45) is 0 Å². The average molecular weight is 230 g/mol. The summed E-state index contributed by atoms with van der Waals surface area (Å²) in [5.41, 5.74) is 4.00. The van der Waals surface area contributed by atoms with Crippen molar-refractivity contribution in [1.82, 2.24) is 15.2 Å². The van der Waals surface area contributed by atoms with E-state index in [2.05, 4.69) is 26.6 Å². The van der Waals surface area contributed by atoms with E-state index in [9.17, 15) is 0 Å². The Balaban J connectivity index is 1.78. The third-order valence-corrected chi connectivity index (χ3v) is 3.17. The summed E-state index contributed by atoms with van der Waals surface area (Å²) < 4.78 is 0. The van der Waals surface area contributed by atoms with Gasteiger partial charge < -0.3 is 5.32 Å². The average Bonchev–Trinajstić information content (AvgIpc) is 2.97. The summed E-state index contributed by atoms with van der Waals surface area (Å²) in [5.74, 6) is 0. The van der Waals surface area contributed by atoms with E-state index in [1.54, 1.807) is 11.3 Å². The van der Waals surface area contributed by atoms with Crippen LogP contribution in [0.4, 0.5) is 5.69 Å². The van der Waals surface area contributed by atoms with E-state index in [1.807, 2.05) is 30.0 Å². The molecule has 80 valence electrons. The molecule has 0 radical (unpaired) electrons. The lowest BCUT2D eigenvalue weighted by Crippen LogP contribution is -1.96. The number of fused-ring (bicyclic) bond motifs is 1. The first-order chi connectivity index (χ1) is 7.92. The molecular formula is C11H10N4S.